The molecule has 2 rings (SSSR count). The van der Waals surface area contributed by atoms with Crippen LogP contribution >= 0.6 is 0 Å². The standard InChI is InChI=1S/C16H21NO4/c1-16(2,19)9-8-12-6-7-14(21-12)15(18)17-11-13-5-3-4-10-20-13/h6-7,13,19H,3-5,10-11H2,1-2H3,(H,17,18). The van der Waals surface area contributed by atoms with Gasteiger partial charge in [0.1, 0.15) is 5.60 Å². The molecule has 0 aliphatic carbocycles. The summed E-state index contributed by atoms with van der Waals surface area (Å²) < 4.78 is 10.9. The summed E-state index contributed by atoms with van der Waals surface area (Å²) in [6.45, 7) is 4.42. The Balaban J connectivity index is 1.87. The van der Waals surface area contributed by atoms with Gasteiger partial charge in [-0.15, -0.1) is 0 Å². The van der Waals surface area contributed by atoms with Gasteiger partial charge in [0.05, 0.1) is 6.10 Å². The maximum Gasteiger partial charge on any atom is 0.287 e. The van der Waals surface area contributed by atoms with Crippen LogP contribution < -0.4 is 5.32 Å². The molecule has 21 heavy (non-hydrogen) atoms. The molecule has 0 aromatic carbocycles. The minimum Gasteiger partial charge on any atom is -0.443 e. The number of ether oxygens (including phenoxy) is 1. The molecule has 1 aromatic heterocycles. The second-order valence-electron chi connectivity index (χ2n) is 5.67. The van der Waals surface area contributed by atoms with Crippen molar-refractivity contribution >= 4 is 5.91 Å². The third kappa shape index (κ3) is 5.25. The van der Waals surface area contributed by atoms with Gasteiger partial charge in [-0.1, -0.05) is 5.92 Å². The summed E-state index contributed by atoms with van der Waals surface area (Å²) in [6, 6.07) is 3.19. The summed E-state index contributed by atoms with van der Waals surface area (Å²) in [7, 11) is 0. The predicted molar refractivity (Wildman–Crippen MR) is 77.8 cm³/mol. The summed E-state index contributed by atoms with van der Waals surface area (Å²) >= 11 is 0. The van der Waals surface area contributed by atoms with E-state index >= 15 is 0 Å². The highest BCUT2D eigenvalue weighted by atomic mass is 16.5. The third-order valence-corrected chi connectivity index (χ3v) is 3.09. The summed E-state index contributed by atoms with van der Waals surface area (Å²) in [5.41, 5.74) is -1.09. The largest absolute Gasteiger partial charge is 0.443 e. The molecule has 0 spiro atoms. The van der Waals surface area contributed by atoms with Crippen LogP contribution in [-0.4, -0.2) is 35.9 Å². The van der Waals surface area contributed by atoms with Gasteiger partial charge in [-0.3, -0.25) is 4.79 Å². The van der Waals surface area contributed by atoms with Crippen molar-refractivity contribution in [2.75, 3.05) is 13.2 Å². The molecule has 2 heterocycles. The Bertz CT molecular complexity index is 539. The van der Waals surface area contributed by atoms with E-state index in [9.17, 15) is 9.90 Å². The molecule has 5 heteroatoms. The van der Waals surface area contributed by atoms with Gasteiger partial charge in [0.25, 0.3) is 5.91 Å². The number of rotatable bonds is 3. The van der Waals surface area contributed by atoms with E-state index in [4.69, 9.17) is 9.15 Å². The predicted octanol–water partition coefficient (Wildman–Crippen LogP) is 1.70. The van der Waals surface area contributed by atoms with Crippen molar-refractivity contribution in [3.05, 3.63) is 23.7 Å². The average molecular weight is 291 g/mol. The van der Waals surface area contributed by atoms with Gasteiger partial charge in [0.2, 0.25) is 0 Å². The lowest BCUT2D eigenvalue weighted by Crippen LogP contribution is -2.35. The van der Waals surface area contributed by atoms with Crippen molar-refractivity contribution in [1.29, 1.82) is 0 Å². The fraction of sp³-hybridized carbons (Fsp3) is 0.562. The van der Waals surface area contributed by atoms with Crippen LogP contribution in [0.4, 0.5) is 0 Å². The van der Waals surface area contributed by atoms with Crippen LogP contribution in [0.25, 0.3) is 0 Å². The molecule has 1 aliphatic rings. The Morgan fingerprint density at radius 2 is 2.29 bits per heavy atom. The van der Waals surface area contributed by atoms with Gasteiger partial charge in [0.15, 0.2) is 11.5 Å². The van der Waals surface area contributed by atoms with Crippen LogP contribution in [0.5, 0.6) is 0 Å². The normalized spacial score (nSPS) is 18.7. The molecule has 0 saturated carbocycles. The van der Waals surface area contributed by atoms with E-state index in [-0.39, 0.29) is 17.8 Å². The molecule has 5 nitrogen and oxygen atoms in total. The van der Waals surface area contributed by atoms with Gasteiger partial charge in [-0.05, 0) is 51.2 Å². The number of hydrogen-bond donors (Lipinski definition) is 2. The maximum absolute atomic E-state index is 11.9. The fourth-order valence-corrected chi connectivity index (χ4v) is 2.00. The van der Waals surface area contributed by atoms with E-state index < -0.39 is 5.60 Å². The van der Waals surface area contributed by atoms with E-state index in [0.717, 1.165) is 25.9 Å². The van der Waals surface area contributed by atoms with Crippen molar-refractivity contribution < 1.29 is 19.1 Å². The van der Waals surface area contributed by atoms with Crippen LogP contribution in [0.3, 0.4) is 0 Å². The van der Waals surface area contributed by atoms with Crippen LogP contribution in [0, 0.1) is 11.8 Å². The molecule has 1 unspecified atom stereocenters. The van der Waals surface area contributed by atoms with Gasteiger partial charge in [-0.2, -0.15) is 0 Å². The molecule has 1 fully saturated rings. The molecular weight excluding hydrogens is 270 g/mol. The smallest absolute Gasteiger partial charge is 0.287 e. The Kier molecular flexibility index (Phi) is 5.05. The molecule has 1 atom stereocenters. The van der Waals surface area contributed by atoms with Gasteiger partial charge < -0.3 is 19.6 Å². The van der Waals surface area contributed by atoms with E-state index in [1.165, 1.54) is 0 Å². The first-order chi connectivity index (χ1) is 9.94. The number of aliphatic hydroxyl groups is 1. The van der Waals surface area contributed by atoms with Crippen LogP contribution in [-0.2, 0) is 4.74 Å². The third-order valence-electron chi connectivity index (χ3n) is 3.09. The van der Waals surface area contributed by atoms with Crippen molar-refractivity contribution in [2.45, 2.75) is 44.8 Å². The molecule has 114 valence electrons. The minimum atomic E-state index is -1.09. The monoisotopic (exact) mass is 291 g/mol. The molecular formula is C16H21NO4. The molecule has 0 bridgehead atoms. The minimum absolute atomic E-state index is 0.0899. The highest BCUT2D eigenvalue weighted by molar-refractivity contribution is 5.91. The molecule has 1 saturated heterocycles. The maximum atomic E-state index is 11.9. The van der Waals surface area contributed by atoms with Crippen molar-refractivity contribution in [3.63, 3.8) is 0 Å². The second kappa shape index (κ2) is 6.79. The number of carbonyl (C=O) groups excluding carboxylic acids is 1. The Labute approximate surface area is 124 Å². The molecule has 2 N–H and O–H groups in total. The van der Waals surface area contributed by atoms with Crippen molar-refractivity contribution in [1.82, 2.24) is 5.32 Å². The molecule has 0 radical (unpaired) electrons. The summed E-state index contributed by atoms with van der Waals surface area (Å²) in [4.78, 5) is 11.9. The lowest BCUT2D eigenvalue weighted by Gasteiger charge is -2.22. The Morgan fingerprint density at radius 3 is 2.95 bits per heavy atom. The second-order valence-corrected chi connectivity index (χ2v) is 5.67. The first kappa shape index (κ1) is 15.6. The molecule has 1 amide bonds. The number of hydrogen-bond acceptors (Lipinski definition) is 4. The number of carbonyl (C=O) groups is 1. The first-order valence-corrected chi connectivity index (χ1v) is 7.19. The van der Waals surface area contributed by atoms with Crippen LogP contribution in [0.2, 0.25) is 0 Å². The van der Waals surface area contributed by atoms with E-state index in [1.807, 2.05) is 0 Å². The van der Waals surface area contributed by atoms with Gasteiger partial charge in [0, 0.05) is 13.2 Å². The number of nitrogens with one attached hydrogen (secondary N) is 1. The summed E-state index contributed by atoms with van der Waals surface area (Å²) in [6.07, 6.45) is 3.29. The first-order valence-electron chi connectivity index (χ1n) is 7.19. The Hall–Kier alpha value is -1.77. The average Bonchev–Trinajstić information content (AvgIpc) is 2.92. The highest BCUT2D eigenvalue weighted by Crippen LogP contribution is 2.12. The lowest BCUT2D eigenvalue weighted by molar-refractivity contribution is 0.0167. The molecule has 1 aliphatic heterocycles. The zero-order chi connectivity index (χ0) is 15.3. The number of amides is 1. The topological polar surface area (TPSA) is 71.7 Å². The zero-order valence-electron chi connectivity index (χ0n) is 12.4. The SMILES string of the molecule is CC(C)(O)C#Cc1ccc(C(=O)NCC2CCCCO2)o1. The number of furan rings is 1. The van der Waals surface area contributed by atoms with Crippen molar-refractivity contribution in [3.8, 4) is 11.8 Å². The fourth-order valence-electron chi connectivity index (χ4n) is 2.00. The van der Waals surface area contributed by atoms with E-state index in [2.05, 4.69) is 17.2 Å². The van der Waals surface area contributed by atoms with Crippen LogP contribution in [0.1, 0.15) is 49.4 Å². The molecule has 1 aromatic rings. The van der Waals surface area contributed by atoms with Gasteiger partial charge >= 0.3 is 0 Å². The highest BCUT2D eigenvalue weighted by Gasteiger charge is 2.17. The van der Waals surface area contributed by atoms with Crippen LogP contribution in [0.15, 0.2) is 16.5 Å². The van der Waals surface area contributed by atoms with E-state index in [1.54, 1.807) is 26.0 Å². The zero-order valence-corrected chi connectivity index (χ0v) is 12.4. The summed E-state index contributed by atoms with van der Waals surface area (Å²) in [5, 5.41) is 12.3. The van der Waals surface area contributed by atoms with E-state index in [0.29, 0.717) is 12.3 Å². The van der Waals surface area contributed by atoms with Gasteiger partial charge in [-0.25, -0.2) is 0 Å². The lowest BCUT2D eigenvalue weighted by atomic mass is 10.1. The summed E-state index contributed by atoms with van der Waals surface area (Å²) in [5.74, 6) is 5.62. The Morgan fingerprint density at radius 1 is 1.48 bits per heavy atom. The van der Waals surface area contributed by atoms with Crippen molar-refractivity contribution in [2.24, 2.45) is 0 Å². The quantitative estimate of drug-likeness (QED) is 0.832.